The molecule has 4 N–H and O–H groups in total. The first-order valence-corrected chi connectivity index (χ1v) is 17.8. The van der Waals surface area contributed by atoms with Crippen LogP contribution in [0.5, 0.6) is 0 Å². The standard InChI is InChI=1S/C38H62O9/c1-21(2)23(5)11-18-38(10,44)26-13-17-37(9)31(26)28(47-34-33(46-24(6)39)32(43)27(40)20-45-34)19-29-35(7,15-14-30(41)42)25(22(3)4)12-16-36(29,37)8/h21,25-29,31-34,40,43-44H,3,5,11-20H2,1-2,4,6-10H3,(H,41,42)/t25-,26-,27+,28+,29+,31-,32-,33+,34-,35-,36+,37+,38-/m0/s1. The first kappa shape index (κ1) is 38.0. The summed E-state index contributed by atoms with van der Waals surface area (Å²) in [6.45, 7) is 24.9. The molecule has 0 aromatic rings. The van der Waals surface area contributed by atoms with E-state index in [0.29, 0.717) is 31.6 Å². The van der Waals surface area contributed by atoms with Gasteiger partial charge in [0.25, 0.3) is 0 Å². The van der Waals surface area contributed by atoms with Gasteiger partial charge in [-0.25, -0.2) is 0 Å². The van der Waals surface area contributed by atoms with Crippen LogP contribution < -0.4 is 0 Å². The number of aliphatic hydroxyl groups excluding tert-OH is 2. The highest BCUT2D eigenvalue weighted by Crippen LogP contribution is 2.74. The first-order chi connectivity index (χ1) is 21.7. The number of esters is 1. The van der Waals surface area contributed by atoms with Gasteiger partial charge in [0.2, 0.25) is 0 Å². The molecule has 1 saturated heterocycles. The maximum absolute atomic E-state index is 12.3. The molecule has 1 aliphatic heterocycles. The largest absolute Gasteiger partial charge is 0.481 e. The topological polar surface area (TPSA) is 143 Å². The SMILES string of the molecule is C=C(CC[C@](C)(O)[C@H]1CC[C@]2(C)[C@@H]1[C@H](O[C@@H]1OC[C@@H](O)[C@H](O)[C@H]1OC(C)=O)C[C@@H]1[C@@](C)(CCC(=O)O)[C@H](C(=C)C)CC[C@]12C)C(C)C. The zero-order chi connectivity index (χ0) is 35.3. The summed E-state index contributed by atoms with van der Waals surface area (Å²) in [5, 5.41) is 43.4. The molecule has 3 saturated carbocycles. The number of ether oxygens (including phenoxy) is 3. The number of fused-ring (bicyclic) bond motifs is 3. The number of aliphatic hydroxyl groups is 3. The van der Waals surface area contributed by atoms with Gasteiger partial charge in [0.1, 0.15) is 12.2 Å². The highest BCUT2D eigenvalue weighted by molar-refractivity contribution is 5.67. The van der Waals surface area contributed by atoms with E-state index >= 15 is 0 Å². The lowest BCUT2D eigenvalue weighted by molar-refractivity contribution is -0.314. The molecule has 0 radical (unpaired) electrons. The van der Waals surface area contributed by atoms with Crippen LogP contribution in [-0.2, 0) is 23.8 Å². The van der Waals surface area contributed by atoms with Crippen molar-refractivity contribution < 1.29 is 44.2 Å². The van der Waals surface area contributed by atoms with Gasteiger partial charge in [0.15, 0.2) is 12.4 Å². The van der Waals surface area contributed by atoms with Crippen LogP contribution in [0.25, 0.3) is 0 Å². The molecule has 4 rings (SSSR count). The Labute approximate surface area is 282 Å². The minimum atomic E-state index is -1.38. The summed E-state index contributed by atoms with van der Waals surface area (Å²) in [7, 11) is 0. The monoisotopic (exact) mass is 662 g/mol. The predicted molar refractivity (Wildman–Crippen MR) is 179 cm³/mol. The summed E-state index contributed by atoms with van der Waals surface area (Å²) in [5.41, 5.74) is 0.324. The Morgan fingerprint density at radius 2 is 1.68 bits per heavy atom. The van der Waals surface area contributed by atoms with Gasteiger partial charge in [0.05, 0.1) is 18.3 Å². The number of aliphatic carboxylic acids is 1. The molecule has 0 unspecified atom stereocenters. The molecule has 0 aromatic carbocycles. The highest BCUT2D eigenvalue weighted by Gasteiger charge is 2.70. The molecule has 4 fully saturated rings. The van der Waals surface area contributed by atoms with E-state index in [1.165, 1.54) is 6.92 Å². The van der Waals surface area contributed by atoms with E-state index in [-0.39, 0.29) is 52.9 Å². The normalized spacial score (nSPS) is 43.0. The molecular weight excluding hydrogens is 600 g/mol. The van der Waals surface area contributed by atoms with Crippen molar-refractivity contribution in [3.05, 3.63) is 24.3 Å². The lowest BCUT2D eigenvalue weighted by Gasteiger charge is -2.68. The van der Waals surface area contributed by atoms with Gasteiger partial charge in [-0.1, -0.05) is 58.9 Å². The van der Waals surface area contributed by atoms with Gasteiger partial charge in [-0.2, -0.15) is 0 Å². The summed E-state index contributed by atoms with van der Waals surface area (Å²) in [5.74, 6) is -1.12. The van der Waals surface area contributed by atoms with Crippen LogP contribution in [0.4, 0.5) is 0 Å². The van der Waals surface area contributed by atoms with Crippen molar-refractivity contribution >= 4 is 11.9 Å². The van der Waals surface area contributed by atoms with Gasteiger partial charge >= 0.3 is 11.9 Å². The maximum Gasteiger partial charge on any atom is 0.303 e. The number of carbonyl (C=O) groups is 2. The highest BCUT2D eigenvalue weighted by atomic mass is 16.7. The molecule has 9 nitrogen and oxygen atoms in total. The fourth-order valence-electron chi connectivity index (χ4n) is 10.7. The number of hydrogen-bond acceptors (Lipinski definition) is 8. The Morgan fingerprint density at radius 3 is 2.26 bits per heavy atom. The van der Waals surface area contributed by atoms with Gasteiger partial charge < -0.3 is 34.6 Å². The lowest BCUT2D eigenvalue weighted by atomic mass is 9.37. The number of allylic oxidation sites excluding steroid dienone is 2. The third-order valence-corrected chi connectivity index (χ3v) is 13.7. The van der Waals surface area contributed by atoms with Crippen molar-refractivity contribution in [3.8, 4) is 0 Å². The van der Waals surface area contributed by atoms with E-state index in [0.717, 1.165) is 36.8 Å². The van der Waals surface area contributed by atoms with Gasteiger partial charge in [0, 0.05) is 13.3 Å². The van der Waals surface area contributed by atoms with Gasteiger partial charge in [-0.3, -0.25) is 9.59 Å². The van der Waals surface area contributed by atoms with E-state index in [4.69, 9.17) is 14.2 Å². The summed E-state index contributed by atoms with van der Waals surface area (Å²) >= 11 is 0. The summed E-state index contributed by atoms with van der Waals surface area (Å²) < 4.78 is 18.4. The average Bonchev–Trinajstić information content (AvgIpc) is 3.35. The summed E-state index contributed by atoms with van der Waals surface area (Å²) in [6.07, 6.45) is 0.591. The molecule has 47 heavy (non-hydrogen) atoms. The van der Waals surface area contributed by atoms with Crippen LogP contribution in [0, 0.1) is 45.8 Å². The number of rotatable bonds is 12. The molecule has 9 heteroatoms. The van der Waals surface area contributed by atoms with Gasteiger partial charge in [-0.15, -0.1) is 0 Å². The van der Waals surface area contributed by atoms with Crippen molar-refractivity contribution in [1.29, 1.82) is 0 Å². The maximum atomic E-state index is 12.3. The molecule has 0 aromatic heterocycles. The van der Waals surface area contributed by atoms with Crippen LogP contribution in [0.2, 0.25) is 0 Å². The molecule has 1 heterocycles. The third kappa shape index (κ3) is 6.99. The Morgan fingerprint density at radius 1 is 1.04 bits per heavy atom. The fourth-order valence-corrected chi connectivity index (χ4v) is 10.7. The molecule has 0 bridgehead atoms. The van der Waals surface area contributed by atoms with Crippen molar-refractivity contribution in [3.63, 3.8) is 0 Å². The Balaban J connectivity index is 1.81. The van der Waals surface area contributed by atoms with E-state index in [1.807, 2.05) is 13.8 Å². The van der Waals surface area contributed by atoms with E-state index in [9.17, 15) is 30.0 Å². The second-order valence-electron chi connectivity index (χ2n) is 16.8. The Hall–Kier alpha value is -1.78. The molecule has 268 valence electrons. The quantitative estimate of drug-likeness (QED) is 0.112. The lowest BCUT2D eigenvalue weighted by Crippen LogP contribution is -2.65. The molecule has 0 amide bonds. The number of carboxylic acids is 1. The van der Waals surface area contributed by atoms with E-state index in [1.54, 1.807) is 0 Å². The fraction of sp³-hybridized carbons (Fsp3) is 0.842. The van der Waals surface area contributed by atoms with Crippen molar-refractivity contribution in [2.75, 3.05) is 6.61 Å². The molecule has 4 aliphatic rings. The van der Waals surface area contributed by atoms with E-state index in [2.05, 4.69) is 47.8 Å². The third-order valence-electron chi connectivity index (χ3n) is 13.7. The first-order valence-electron chi connectivity index (χ1n) is 17.8. The minimum Gasteiger partial charge on any atom is -0.481 e. The smallest absolute Gasteiger partial charge is 0.303 e. The second-order valence-corrected chi connectivity index (χ2v) is 16.8. The minimum absolute atomic E-state index is 0.0555. The van der Waals surface area contributed by atoms with Crippen LogP contribution >= 0.6 is 0 Å². The number of carbonyl (C=O) groups excluding carboxylic acids is 1. The van der Waals surface area contributed by atoms with Crippen LogP contribution in [0.1, 0.15) is 113 Å². The van der Waals surface area contributed by atoms with Crippen LogP contribution in [-0.4, -0.2) is 75.3 Å². The van der Waals surface area contributed by atoms with Crippen LogP contribution in [0.3, 0.4) is 0 Å². The molecule has 13 atom stereocenters. The zero-order valence-electron chi connectivity index (χ0n) is 30.1. The van der Waals surface area contributed by atoms with E-state index < -0.39 is 48.2 Å². The summed E-state index contributed by atoms with van der Waals surface area (Å²) in [4.78, 5) is 24.1. The summed E-state index contributed by atoms with van der Waals surface area (Å²) in [6, 6.07) is 0. The van der Waals surface area contributed by atoms with Crippen molar-refractivity contribution in [2.24, 2.45) is 45.8 Å². The van der Waals surface area contributed by atoms with Crippen molar-refractivity contribution in [2.45, 2.75) is 149 Å². The molecular formula is C38H62O9. The number of carboxylic acid groups (broad SMARTS) is 1. The van der Waals surface area contributed by atoms with Crippen molar-refractivity contribution in [1.82, 2.24) is 0 Å². The molecule has 3 aliphatic carbocycles. The Kier molecular flexibility index (Phi) is 11.2. The Bertz CT molecular complexity index is 1200. The number of hydrogen-bond donors (Lipinski definition) is 4. The molecule has 0 spiro atoms. The second kappa shape index (κ2) is 13.9. The zero-order valence-corrected chi connectivity index (χ0v) is 30.1. The van der Waals surface area contributed by atoms with Gasteiger partial charge in [-0.05, 0) is 111 Å². The predicted octanol–water partition coefficient (Wildman–Crippen LogP) is 6.04. The average molecular weight is 663 g/mol. The van der Waals surface area contributed by atoms with Crippen LogP contribution in [0.15, 0.2) is 24.3 Å².